The number of hydrogen-bond donors (Lipinski definition) is 3. The molecule has 0 saturated heterocycles. The van der Waals surface area contributed by atoms with Crippen LogP contribution in [0.4, 0.5) is 5.69 Å². The maximum absolute atomic E-state index is 12.4. The van der Waals surface area contributed by atoms with Crippen LogP contribution in [0.2, 0.25) is 0 Å². The van der Waals surface area contributed by atoms with E-state index in [2.05, 4.69) is 10.3 Å². The van der Waals surface area contributed by atoms with Crippen LogP contribution in [0.1, 0.15) is 25.7 Å². The van der Waals surface area contributed by atoms with E-state index in [4.69, 9.17) is 10.2 Å². The number of nitrogens with one attached hydrogen (secondary N) is 2. The minimum Gasteiger partial charge on any atom is -0.408 e. The average Bonchev–Trinajstić information content (AvgIpc) is 3.04. The van der Waals surface area contributed by atoms with Gasteiger partial charge >= 0.3 is 5.76 Å². The van der Waals surface area contributed by atoms with Crippen molar-refractivity contribution < 1.29 is 9.21 Å². The van der Waals surface area contributed by atoms with Gasteiger partial charge in [0.2, 0.25) is 5.91 Å². The first-order valence-electron chi connectivity index (χ1n) is 6.77. The molecule has 4 N–H and O–H groups in total. The van der Waals surface area contributed by atoms with Gasteiger partial charge < -0.3 is 15.5 Å². The Kier molecular flexibility index (Phi) is 4.39. The number of anilines is 1. The molecule has 1 aromatic carbocycles. The maximum atomic E-state index is 12.4. The van der Waals surface area contributed by atoms with Crippen molar-refractivity contribution in [3.8, 4) is 0 Å². The standard InChI is InChI=1S/C14H17N3O3.ClH/c15-8-14(5-1-2-6-14)12(18)16-9-3-4-11-10(7-9)17-13(19)20-11;/h3-4,7H,1-2,5-6,8,15H2,(H,16,18)(H,17,19);1H. The van der Waals surface area contributed by atoms with Crippen LogP contribution in [0.25, 0.3) is 11.1 Å². The van der Waals surface area contributed by atoms with Gasteiger partial charge in [0.1, 0.15) is 0 Å². The minimum absolute atomic E-state index is 0. The number of benzene rings is 1. The molecule has 0 aliphatic heterocycles. The number of nitrogens with two attached hydrogens (primary N) is 1. The quantitative estimate of drug-likeness (QED) is 0.807. The van der Waals surface area contributed by atoms with E-state index < -0.39 is 11.2 Å². The van der Waals surface area contributed by atoms with Gasteiger partial charge in [0.25, 0.3) is 0 Å². The van der Waals surface area contributed by atoms with Crippen LogP contribution in [-0.4, -0.2) is 17.4 Å². The first kappa shape index (κ1) is 15.6. The Morgan fingerprint density at radius 2 is 2.10 bits per heavy atom. The Morgan fingerprint density at radius 1 is 1.38 bits per heavy atom. The smallest absolute Gasteiger partial charge is 0.408 e. The number of halogens is 1. The number of fused-ring (bicyclic) bond motifs is 1. The van der Waals surface area contributed by atoms with Crippen LogP contribution in [0.15, 0.2) is 27.4 Å². The Morgan fingerprint density at radius 3 is 2.76 bits per heavy atom. The summed E-state index contributed by atoms with van der Waals surface area (Å²) >= 11 is 0. The average molecular weight is 312 g/mol. The number of amides is 1. The lowest BCUT2D eigenvalue weighted by atomic mass is 9.85. The molecule has 2 aromatic rings. The second kappa shape index (κ2) is 5.91. The van der Waals surface area contributed by atoms with E-state index in [1.54, 1.807) is 18.2 Å². The SMILES string of the molecule is Cl.NCC1(C(=O)Nc2ccc3oc(=O)[nH]c3c2)CCCC1. The Labute approximate surface area is 127 Å². The summed E-state index contributed by atoms with van der Waals surface area (Å²) in [4.78, 5) is 26.1. The molecule has 21 heavy (non-hydrogen) atoms. The molecular formula is C14H18ClN3O3. The third kappa shape index (κ3) is 2.82. The summed E-state index contributed by atoms with van der Waals surface area (Å²) < 4.78 is 4.92. The largest absolute Gasteiger partial charge is 0.417 e. The predicted molar refractivity (Wildman–Crippen MR) is 82.7 cm³/mol. The van der Waals surface area contributed by atoms with Crippen molar-refractivity contribution in [2.45, 2.75) is 25.7 Å². The molecular weight excluding hydrogens is 294 g/mol. The number of carbonyl (C=O) groups excluding carboxylic acids is 1. The van der Waals surface area contributed by atoms with Gasteiger partial charge in [0.05, 0.1) is 10.9 Å². The van der Waals surface area contributed by atoms with Crippen LogP contribution >= 0.6 is 12.4 Å². The van der Waals surface area contributed by atoms with Crippen molar-refractivity contribution in [1.29, 1.82) is 0 Å². The highest BCUT2D eigenvalue weighted by atomic mass is 35.5. The number of oxazole rings is 1. The van der Waals surface area contributed by atoms with E-state index in [0.29, 0.717) is 23.3 Å². The van der Waals surface area contributed by atoms with Gasteiger partial charge in [-0.2, -0.15) is 0 Å². The number of hydrogen-bond acceptors (Lipinski definition) is 4. The third-order valence-electron chi connectivity index (χ3n) is 4.11. The zero-order chi connectivity index (χ0) is 14.2. The summed E-state index contributed by atoms with van der Waals surface area (Å²) in [6.07, 6.45) is 3.75. The number of aromatic amines is 1. The molecule has 1 heterocycles. The minimum atomic E-state index is -0.502. The molecule has 0 atom stereocenters. The van der Waals surface area contributed by atoms with Crippen molar-refractivity contribution in [3.05, 3.63) is 28.7 Å². The van der Waals surface area contributed by atoms with E-state index in [1.165, 1.54) is 0 Å². The first-order chi connectivity index (χ1) is 9.63. The molecule has 7 heteroatoms. The van der Waals surface area contributed by atoms with Crippen molar-refractivity contribution in [2.24, 2.45) is 11.1 Å². The molecule has 0 bridgehead atoms. The second-order valence-electron chi connectivity index (χ2n) is 5.37. The van der Waals surface area contributed by atoms with Crippen LogP contribution in [0.5, 0.6) is 0 Å². The van der Waals surface area contributed by atoms with Crippen LogP contribution in [-0.2, 0) is 4.79 Å². The maximum Gasteiger partial charge on any atom is 0.417 e. The molecule has 1 aliphatic carbocycles. The molecule has 1 aromatic heterocycles. The zero-order valence-electron chi connectivity index (χ0n) is 11.5. The summed E-state index contributed by atoms with van der Waals surface area (Å²) in [5.41, 5.74) is 7.03. The van der Waals surface area contributed by atoms with Gasteiger partial charge in [-0.3, -0.25) is 9.78 Å². The Hall–Kier alpha value is -1.79. The van der Waals surface area contributed by atoms with E-state index in [-0.39, 0.29) is 18.3 Å². The molecule has 1 saturated carbocycles. The molecule has 6 nitrogen and oxygen atoms in total. The number of carbonyl (C=O) groups is 1. The molecule has 114 valence electrons. The topological polar surface area (TPSA) is 101 Å². The lowest BCUT2D eigenvalue weighted by Gasteiger charge is -2.25. The number of H-pyrrole nitrogens is 1. The van der Waals surface area contributed by atoms with Crippen LogP contribution in [0, 0.1) is 5.41 Å². The Balaban J connectivity index is 0.00000161. The van der Waals surface area contributed by atoms with E-state index in [9.17, 15) is 9.59 Å². The fraction of sp³-hybridized carbons (Fsp3) is 0.429. The van der Waals surface area contributed by atoms with E-state index >= 15 is 0 Å². The van der Waals surface area contributed by atoms with Gasteiger partial charge in [-0.1, -0.05) is 12.8 Å². The van der Waals surface area contributed by atoms with Gasteiger partial charge in [-0.15, -0.1) is 12.4 Å². The summed E-state index contributed by atoms with van der Waals surface area (Å²) in [5.74, 6) is -0.541. The van der Waals surface area contributed by atoms with Gasteiger partial charge in [-0.05, 0) is 31.0 Å². The number of aromatic nitrogens is 1. The fourth-order valence-corrected chi connectivity index (χ4v) is 2.87. The van der Waals surface area contributed by atoms with Gasteiger partial charge in [0, 0.05) is 12.2 Å². The summed E-state index contributed by atoms with van der Waals surface area (Å²) in [5, 5.41) is 2.89. The second-order valence-corrected chi connectivity index (χ2v) is 5.37. The van der Waals surface area contributed by atoms with Crippen LogP contribution in [0.3, 0.4) is 0 Å². The summed E-state index contributed by atoms with van der Waals surface area (Å²) in [7, 11) is 0. The zero-order valence-corrected chi connectivity index (χ0v) is 12.3. The highest BCUT2D eigenvalue weighted by Gasteiger charge is 2.39. The van der Waals surface area contributed by atoms with Crippen molar-refractivity contribution in [1.82, 2.24) is 4.98 Å². The third-order valence-corrected chi connectivity index (χ3v) is 4.11. The molecule has 3 rings (SSSR count). The van der Waals surface area contributed by atoms with Crippen molar-refractivity contribution in [2.75, 3.05) is 11.9 Å². The normalized spacial score (nSPS) is 16.6. The lowest BCUT2D eigenvalue weighted by Crippen LogP contribution is -2.40. The highest BCUT2D eigenvalue weighted by molar-refractivity contribution is 5.97. The molecule has 0 radical (unpaired) electrons. The van der Waals surface area contributed by atoms with Crippen LogP contribution < -0.4 is 16.8 Å². The van der Waals surface area contributed by atoms with Crippen molar-refractivity contribution >= 4 is 35.1 Å². The molecule has 0 spiro atoms. The molecule has 1 fully saturated rings. The van der Waals surface area contributed by atoms with E-state index in [0.717, 1.165) is 25.7 Å². The first-order valence-corrected chi connectivity index (χ1v) is 6.77. The monoisotopic (exact) mass is 311 g/mol. The summed E-state index contributed by atoms with van der Waals surface area (Å²) in [6.45, 7) is 0.365. The van der Waals surface area contributed by atoms with Crippen molar-refractivity contribution in [3.63, 3.8) is 0 Å². The molecule has 1 aliphatic rings. The molecule has 1 amide bonds. The lowest BCUT2D eigenvalue weighted by molar-refractivity contribution is -0.124. The highest BCUT2D eigenvalue weighted by Crippen LogP contribution is 2.38. The fourth-order valence-electron chi connectivity index (χ4n) is 2.87. The molecule has 0 unspecified atom stereocenters. The number of rotatable bonds is 3. The van der Waals surface area contributed by atoms with Gasteiger partial charge in [-0.25, -0.2) is 4.79 Å². The Bertz CT molecular complexity index is 701. The predicted octanol–water partition coefficient (Wildman–Crippen LogP) is 2.00. The van der Waals surface area contributed by atoms with Gasteiger partial charge in [0.15, 0.2) is 5.58 Å². The summed E-state index contributed by atoms with van der Waals surface area (Å²) in [6, 6.07) is 5.07. The van der Waals surface area contributed by atoms with E-state index in [1.807, 2.05) is 0 Å².